The van der Waals surface area contributed by atoms with Gasteiger partial charge in [0.2, 0.25) is 0 Å². The predicted octanol–water partition coefficient (Wildman–Crippen LogP) is 4.08. The Balaban J connectivity index is 0.000000631. The Labute approximate surface area is 225 Å². The van der Waals surface area contributed by atoms with Crippen LogP contribution in [0.4, 0.5) is 39.5 Å². The van der Waals surface area contributed by atoms with Gasteiger partial charge in [0.1, 0.15) is 0 Å². The Bertz CT molecular complexity index is 1070. The van der Waals surface area contributed by atoms with E-state index < -0.39 is 36.4 Å². The van der Waals surface area contributed by atoms with E-state index in [-0.39, 0.29) is 0 Å². The highest BCUT2D eigenvalue weighted by Crippen LogP contribution is 2.23. The van der Waals surface area contributed by atoms with E-state index in [4.69, 9.17) is 34.4 Å². The van der Waals surface area contributed by atoms with Crippen LogP contribution < -0.4 is 0 Å². The number of carboxylic acids is 3. The van der Waals surface area contributed by atoms with Crippen molar-refractivity contribution in [1.29, 1.82) is 0 Å². The molecular formula is C22H22F9N3O7. The molecule has 1 aliphatic heterocycles. The minimum atomic E-state index is -5.08. The van der Waals surface area contributed by atoms with E-state index in [0.717, 1.165) is 26.1 Å². The standard InChI is InChI=1S/C16H19N3O.3C2HF3O2/c1-20-12-15-9-18-8-14-11-19(7-4-16(14)15)10-13-2-5-17-6-3-13;3*3-2(4,5)1(6)7/h2-3,5-6,8-9H,4,7,10-12H2,1H3;3*(H,6,7). The van der Waals surface area contributed by atoms with Crippen molar-refractivity contribution in [3.8, 4) is 0 Å². The van der Waals surface area contributed by atoms with Crippen LogP contribution in [0.1, 0.15) is 22.3 Å². The Morgan fingerprint density at radius 3 is 1.66 bits per heavy atom. The van der Waals surface area contributed by atoms with Crippen LogP contribution >= 0.6 is 0 Å². The molecule has 230 valence electrons. The first-order valence-electron chi connectivity index (χ1n) is 10.6. The number of nitrogens with zero attached hydrogens (tertiary/aromatic N) is 3. The molecule has 3 N–H and O–H groups in total. The summed E-state index contributed by atoms with van der Waals surface area (Å²) in [4.78, 5) is 37.5. The Kier molecular flexibility index (Phi) is 14.7. The van der Waals surface area contributed by atoms with Crippen LogP contribution in [0.5, 0.6) is 0 Å². The van der Waals surface area contributed by atoms with Crippen molar-refractivity contribution in [2.75, 3.05) is 13.7 Å². The maximum atomic E-state index is 10.6. The number of aliphatic carboxylic acids is 3. The molecule has 0 spiro atoms. The number of alkyl halides is 9. The lowest BCUT2D eigenvalue weighted by molar-refractivity contribution is -0.193. The summed E-state index contributed by atoms with van der Waals surface area (Å²) in [6, 6.07) is 4.16. The molecule has 2 aromatic rings. The van der Waals surface area contributed by atoms with Gasteiger partial charge in [-0.05, 0) is 40.8 Å². The second-order valence-corrected chi connectivity index (χ2v) is 7.59. The Morgan fingerprint density at radius 2 is 1.27 bits per heavy atom. The molecule has 19 heteroatoms. The fraction of sp³-hybridized carbons (Fsp3) is 0.409. The third-order valence-corrected chi connectivity index (χ3v) is 4.49. The number of ether oxygens (including phenoxy) is 1. The maximum absolute atomic E-state index is 10.6. The van der Waals surface area contributed by atoms with E-state index in [9.17, 15) is 39.5 Å². The molecule has 0 bridgehead atoms. The molecule has 3 rings (SSSR count). The van der Waals surface area contributed by atoms with E-state index in [2.05, 4.69) is 27.0 Å². The zero-order valence-corrected chi connectivity index (χ0v) is 20.7. The Hall–Kier alpha value is -4.00. The van der Waals surface area contributed by atoms with Gasteiger partial charge in [-0.25, -0.2) is 14.4 Å². The molecule has 2 aromatic heterocycles. The van der Waals surface area contributed by atoms with Crippen molar-refractivity contribution < 1.29 is 74.0 Å². The third kappa shape index (κ3) is 15.4. The van der Waals surface area contributed by atoms with E-state index in [1.165, 1.54) is 22.3 Å². The number of pyridine rings is 2. The number of hydrogen-bond donors (Lipinski definition) is 3. The molecule has 1 aliphatic rings. The summed E-state index contributed by atoms with van der Waals surface area (Å²) >= 11 is 0. The van der Waals surface area contributed by atoms with Gasteiger partial charge in [0.25, 0.3) is 0 Å². The molecule has 0 amide bonds. The van der Waals surface area contributed by atoms with Crippen molar-refractivity contribution in [3.05, 3.63) is 59.2 Å². The average Bonchev–Trinajstić information content (AvgIpc) is 2.84. The lowest BCUT2D eigenvalue weighted by Gasteiger charge is -2.29. The molecule has 3 heterocycles. The summed E-state index contributed by atoms with van der Waals surface area (Å²) in [6.45, 7) is 3.66. The summed E-state index contributed by atoms with van der Waals surface area (Å²) in [7, 11) is 1.73. The molecule has 41 heavy (non-hydrogen) atoms. The normalized spacial score (nSPS) is 13.1. The van der Waals surface area contributed by atoms with Crippen LogP contribution in [0.3, 0.4) is 0 Å². The van der Waals surface area contributed by atoms with Gasteiger partial charge in [-0.3, -0.25) is 14.9 Å². The predicted molar refractivity (Wildman–Crippen MR) is 118 cm³/mol. The van der Waals surface area contributed by atoms with Gasteiger partial charge in [0.05, 0.1) is 6.61 Å². The Morgan fingerprint density at radius 1 is 0.829 bits per heavy atom. The zero-order valence-electron chi connectivity index (χ0n) is 20.7. The van der Waals surface area contributed by atoms with Crippen molar-refractivity contribution in [2.24, 2.45) is 0 Å². The van der Waals surface area contributed by atoms with E-state index in [1.807, 2.05) is 24.8 Å². The second kappa shape index (κ2) is 16.3. The number of carboxylic acid groups (broad SMARTS) is 3. The highest BCUT2D eigenvalue weighted by Gasteiger charge is 2.39. The van der Waals surface area contributed by atoms with Crippen LogP contribution in [0, 0.1) is 0 Å². The lowest BCUT2D eigenvalue weighted by atomic mass is 9.97. The number of carbonyl (C=O) groups is 3. The molecule has 0 saturated heterocycles. The highest BCUT2D eigenvalue weighted by atomic mass is 19.4. The first kappa shape index (κ1) is 37.0. The molecule has 0 saturated carbocycles. The molecule has 0 atom stereocenters. The fourth-order valence-electron chi connectivity index (χ4n) is 2.79. The summed E-state index contributed by atoms with van der Waals surface area (Å²) in [5.74, 6) is -8.27. The van der Waals surface area contributed by atoms with Crippen LogP contribution in [0.15, 0.2) is 36.9 Å². The van der Waals surface area contributed by atoms with Gasteiger partial charge >= 0.3 is 36.4 Å². The van der Waals surface area contributed by atoms with Crippen molar-refractivity contribution in [3.63, 3.8) is 0 Å². The molecule has 0 aromatic carbocycles. The fourth-order valence-corrected chi connectivity index (χ4v) is 2.79. The average molecular weight is 611 g/mol. The van der Waals surface area contributed by atoms with Crippen molar-refractivity contribution in [2.45, 2.75) is 44.6 Å². The van der Waals surface area contributed by atoms with Crippen molar-refractivity contribution in [1.82, 2.24) is 14.9 Å². The summed E-state index contributed by atoms with van der Waals surface area (Å²) < 4.78 is 100. The molecule has 0 fully saturated rings. The first-order chi connectivity index (χ1) is 18.7. The zero-order chi connectivity index (χ0) is 32.0. The highest BCUT2D eigenvalue weighted by molar-refractivity contribution is 5.73. The lowest BCUT2D eigenvalue weighted by Crippen LogP contribution is -2.31. The minimum Gasteiger partial charge on any atom is -0.475 e. The van der Waals surface area contributed by atoms with E-state index in [0.29, 0.717) is 6.61 Å². The number of rotatable bonds is 4. The van der Waals surface area contributed by atoms with E-state index >= 15 is 0 Å². The van der Waals surface area contributed by atoms with Crippen LogP contribution in [-0.2, 0) is 45.2 Å². The van der Waals surface area contributed by atoms with Crippen LogP contribution in [0.2, 0.25) is 0 Å². The van der Waals surface area contributed by atoms with Gasteiger partial charge in [0, 0.05) is 51.5 Å². The minimum absolute atomic E-state index is 0.653. The number of aromatic nitrogens is 2. The number of methoxy groups -OCH3 is 1. The van der Waals surface area contributed by atoms with Gasteiger partial charge in [-0.1, -0.05) is 0 Å². The number of halogens is 9. The number of hydrogen-bond acceptors (Lipinski definition) is 7. The van der Waals surface area contributed by atoms with Crippen LogP contribution in [-0.4, -0.2) is 80.3 Å². The topological polar surface area (TPSA) is 150 Å². The number of fused-ring (bicyclic) bond motifs is 1. The first-order valence-corrected chi connectivity index (χ1v) is 10.6. The van der Waals surface area contributed by atoms with Crippen LogP contribution in [0.25, 0.3) is 0 Å². The molecular weight excluding hydrogens is 589 g/mol. The molecule has 10 nitrogen and oxygen atoms in total. The van der Waals surface area contributed by atoms with Gasteiger partial charge in [0.15, 0.2) is 0 Å². The monoisotopic (exact) mass is 611 g/mol. The largest absolute Gasteiger partial charge is 0.490 e. The quantitative estimate of drug-likeness (QED) is 0.432. The summed E-state index contributed by atoms with van der Waals surface area (Å²) in [5.41, 5.74) is 5.30. The second-order valence-electron chi connectivity index (χ2n) is 7.59. The van der Waals surface area contributed by atoms with Gasteiger partial charge in [-0.15, -0.1) is 0 Å². The third-order valence-electron chi connectivity index (χ3n) is 4.49. The van der Waals surface area contributed by atoms with E-state index in [1.54, 1.807) is 7.11 Å². The van der Waals surface area contributed by atoms with Gasteiger partial charge in [-0.2, -0.15) is 39.5 Å². The van der Waals surface area contributed by atoms with Gasteiger partial charge < -0.3 is 20.1 Å². The molecule has 0 radical (unpaired) electrons. The summed E-state index contributed by atoms with van der Waals surface area (Å²) in [5, 5.41) is 21.4. The molecule has 0 unspecified atom stereocenters. The maximum Gasteiger partial charge on any atom is 0.490 e. The summed E-state index contributed by atoms with van der Waals surface area (Å²) in [6.07, 6.45) is -6.55. The smallest absolute Gasteiger partial charge is 0.475 e. The van der Waals surface area contributed by atoms with Crippen molar-refractivity contribution >= 4 is 17.9 Å². The molecule has 0 aliphatic carbocycles. The SMILES string of the molecule is COCc1cncc2c1CCN(Cc1ccncc1)C2.O=C(O)C(F)(F)F.O=C(O)C(F)(F)F.O=C(O)C(F)(F)F.